The van der Waals surface area contributed by atoms with Crippen molar-refractivity contribution in [3.05, 3.63) is 36.5 Å². The van der Waals surface area contributed by atoms with E-state index in [9.17, 15) is 17.6 Å². The maximum Gasteiger partial charge on any atom is 0.324 e. The third-order valence-electron chi connectivity index (χ3n) is 2.48. The van der Waals surface area contributed by atoms with Crippen LogP contribution < -0.4 is 5.32 Å². The molecule has 0 aliphatic carbocycles. The van der Waals surface area contributed by atoms with Crippen LogP contribution in [0.1, 0.15) is 0 Å². The molecule has 0 saturated heterocycles. The molecule has 0 spiro atoms. The minimum atomic E-state index is -4.05. The van der Waals surface area contributed by atoms with Crippen molar-refractivity contribution in [3.8, 4) is 0 Å². The fraction of sp³-hybridized carbons (Fsp3) is 0.250. The Kier molecular flexibility index (Phi) is 3.36. The van der Waals surface area contributed by atoms with Crippen LogP contribution in [0.15, 0.2) is 36.5 Å². The monoisotopic (exact) mass is 258 g/mol. The van der Waals surface area contributed by atoms with Gasteiger partial charge >= 0.3 is 12.3 Å². The van der Waals surface area contributed by atoms with E-state index in [0.717, 1.165) is 0 Å². The maximum atomic E-state index is 12.8. The number of halogens is 4. The number of hydrogen-bond donors (Lipinski definition) is 1. The predicted molar refractivity (Wildman–Crippen MR) is 61.2 cm³/mol. The summed E-state index contributed by atoms with van der Waals surface area (Å²) >= 11 is 0. The number of nitrogens with zero attached hydrogens (tertiary/aromatic N) is 1. The highest BCUT2D eigenvalue weighted by molar-refractivity contribution is 5.90. The molecule has 1 aromatic heterocycles. The van der Waals surface area contributed by atoms with E-state index in [1.54, 1.807) is 24.3 Å². The highest BCUT2D eigenvalue weighted by Crippen LogP contribution is 2.26. The number of alkyl halides is 4. The summed E-state index contributed by atoms with van der Waals surface area (Å²) in [6.45, 7) is -1.11. The Morgan fingerprint density at radius 1 is 1.17 bits per heavy atom. The highest BCUT2D eigenvalue weighted by atomic mass is 19.3. The normalized spacial score (nSPS) is 12.1. The van der Waals surface area contributed by atoms with Gasteiger partial charge in [-0.1, -0.05) is 18.2 Å². The number of rotatable bonds is 4. The lowest BCUT2D eigenvalue weighted by Gasteiger charge is -2.17. The van der Waals surface area contributed by atoms with Gasteiger partial charge in [-0.3, -0.25) is 4.98 Å². The molecule has 2 aromatic rings. The largest absolute Gasteiger partial charge is 0.378 e. The summed E-state index contributed by atoms with van der Waals surface area (Å²) in [5, 5.41) is 2.96. The van der Waals surface area contributed by atoms with E-state index in [4.69, 9.17) is 0 Å². The zero-order valence-corrected chi connectivity index (χ0v) is 9.21. The van der Waals surface area contributed by atoms with Crippen molar-refractivity contribution in [1.82, 2.24) is 4.98 Å². The molecule has 0 unspecified atom stereocenters. The molecule has 6 heteroatoms. The number of benzene rings is 1. The molecule has 1 aromatic carbocycles. The lowest BCUT2D eigenvalue weighted by Crippen LogP contribution is -2.34. The van der Waals surface area contributed by atoms with Gasteiger partial charge in [0.2, 0.25) is 0 Å². The van der Waals surface area contributed by atoms with Gasteiger partial charge in [0.15, 0.2) is 0 Å². The third kappa shape index (κ3) is 2.52. The molecule has 0 atom stereocenters. The number of hydrogen-bond acceptors (Lipinski definition) is 2. The molecule has 0 aliphatic rings. The van der Waals surface area contributed by atoms with Crippen molar-refractivity contribution < 1.29 is 17.6 Å². The number of anilines is 1. The number of pyridine rings is 1. The third-order valence-corrected chi connectivity index (χ3v) is 2.48. The molecule has 1 heterocycles. The van der Waals surface area contributed by atoms with Gasteiger partial charge in [-0.15, -0.1) is 0 Å². The number of aromatic nitrogens is 1. The van der Waals surface area contributed by atoms with Crippen LogP contribution in [0, 0.1) is 0 Å². The average Bonchev–Trinajstić information content (AvgIpc) is 2.36. The summed E-state index contributed by atoms with van der Waals surface area (Å²) in [6.07, 6.45) is -2.25. The second-order valence-corrected chi connectivity index (χ2v) is 3.79. The number of fused-ring (bicyclic) bond motifs is 1. The first kappa shape index (κ1) is 12.6. The number of nitrogens with one attached hydrogen (secondary N) is 1. The smallest absolute Gasteiger partial charge is 0.324 e. The van der Waals surface area contributed by atoms with E-state index in [1.165, 1.54) is 12.3 Å². The topological polar surface area (TPSA) is 24.9 Å². The SMILES string of the molecule is FC(F)C(F)(F)CNc1ccnc2ccccc12. The first-order valence-electron chi connectivity index (χ1n) is 5.24. The Morgan fingerprint density at radius 2 is 1.89 bits per heavy atom. The van der Waals surface area contributed by atoms with Crippen LogP contribution >= 0.6 is 0 Å². The van der Waals surface area contributed by atoms with Gasteiger partial charge in [-0.05, 0) is 12.1 Å². The summed E-state index contributed by atoms with van der Waals surface area (Å²) < 4.78 is 49.7. The Balaban J connectivity index is 2.22. The van der Waals surface area contributed by atoms with Crippen LogP contribution in [0.25, 0.3) is 10.9 Å². The molecule has 0 bridgehead atoms. The minimum Gasteiger partial charge on any atom is -0.378 e. The van der Waals surface area contributed by atoms with Crippen LogP contribution in [0.3, 0.4) is 0 Å². The standard InChI is InChI=1S/C12H10F4N2/c13-11(14)12(15,16)7-18-10-5-6-17-9-4-2-1-3-8(9)10/h1-6,11H,7H2,(H,17,18). The molecule has 18 heavy (non-hydrogen) atoms. The molecule has 0 fully saturated rings. The van der Waals surface area contributed by atoms with Crippen LogP contribution in [0.2, 0.25) is 0 Å². The van der Waals surface area contributed by atoms with Gasteiger partial charge in [0, 0.05) is 17.3 Å². The minimum absolute atomic E-state index is 0.362. The molecule has 0 saturated carbocycles. The van der Waals surface area contributed by atoms with Gasteiger partial charge in [0.25, 0.3) is 0 Å². The molecule has 2 rings (SSSR count). The van der Waals surface area contributed by atoms with Gasteiger partial charge in [-0.25, -0.2) is 8.78 Å². The second kappa shape index (κ2) is 4.80. The fourth-order valence-electron chi connectivity index (χ4n) is 1.54. The van der Waals surface area contributed by atoms with Crippen LogP contribution in [-0.2, 0) is 0 Å². The maximum absolute atomic E-state index is 12.8. The lowest BCUT2D eigenvalue weighted by molar-refractivity contribution is -0.117. The molecular formula is C12H10F4N2. The molecule has 96 valence electrons. The Morgan fingerprint density at radius 3 is 2.61 bits per heavy atom. The van der Waals surface area contributed by atoms with Crippen molar-refractivity contribution in [2.75, 3.05) is 11.9 Å². The summed E-state index contributed by atoms with van der Waals surface area (Å²) in [6, 6.07) is 8.36. The van der Waals surface area contributed by atoms with Crippen LogP contribution in [0.5, 0.6) is 0 Å². The zero-order valence-electron chi connectivity index (χ0n) is 9.21. The first-order valence-corrected chi connectivity index (χ1v) is 5.24. The van der Waals surface area contributed by atoms with Crippen molar-refractivity contribution in [3.63, 3.8) is 0 Å². The quantitative estimate of drug-likeness (QED) is 0.848. The van der Waals surface area contributed by atoms with E-state index in [2.05, 4.69) is 10.3 Å². The van der Waals surface area contributed by atoms with Gasteiger partial charge in [-0.2, -0.15) is 8.78 Å². The summed E-state index contributed by atoms with van der Waals surface area (Å²) in [5.41, 5.74) is 0.976. The van der Waals surface area contributed by atoms with Crippen molar-refractivity contribution in [1.29, 1.82) is 0 Å². The molecular weight excluding hydrogens is 248 g/mol. The summed E-state index contributed by atoms with van der Waals surface area (Å²) in [4.78, 5) is 4.05. The highest BCUT2D eigenvalue weighted by Gasteiger charge is 2.40. The van der Waals surface area contributed by atoms with E-state index in [1.807, 2.05) is 0 Å². The molecule has 1 N–H and O–H groups in total. The second-order valence-electron chi connectivity index (χ2n) is 3.79. The van der Waals surface area contributed by atoms with Crippen molar-refractivity contribution >= 4 is 16.6 Å². The number of para-hydroxylation sites is 1. The molecule has 2 nitrogen and oxygen atoms in total. The van der Waals surface area contributed by atoms with E-state index < -0.39 is 18.9 Å². The van der Waals surface area contributed by atoms with Gasteiger partial charge < -0.3 is 5.32 Å². The molecule has 0 radical (unpaired) electrons. The lowest BCUT2D eigenvalue weighted by atomic mass is 10.2. The Labute approximate surface area is 101 Å². The molecule has 0 amide bonds. The van der Waals surface area contributed by atoms with Crippen molar-refractivity contribution in [2.45, 2.75) is 12.3 Å². The molecule has 0 aliphatic heterocycles. The van der Waals surface area contributed by atoms with Crippen LogP contribution in [0.4, 0.5) is 23.2 Å². The zero-order chi connectivity index (χ0) is 13.2. The van der Waals surface area contributed by atoms with Gasteiger partial charge in [0.05, 0.1) is 12.1 Å². The van der Waals surface area contributed by atoms with E-state index in [-0.39, 0.29) is 0 Å². The Hall–Kier alpha value is -1.85. The first-order chi connectivity index (χ1) is 8.50. The average molecular weight is 258 g/mol. The Bertz CT molecular complexity index is 537. The van der Waals surface area contributed by atoms with Crippen LogP contribution in [-0.4, -0.2) is 23.9 Å². The summed E-state index contributed by atoms with van der Waals surface area (Å²) in [7, 11) is 0. The van der Waals surface area contributed by atoms with Crippen molar-refractivity contribution in [2.24, 2.45) is 0 Å². The predicted octanol–water partition coefficient (Wildman–Crippen LogP) is 3.55. The van der Waals surface area contributed by atoms with E-state index in [0.29, 0.717) is 16.6 Å². The fourth-order valence-corrected chi connectivity index (χ4v) is 1.54. The summed E-state index contributed by atoms with van der Waals surface area (Å²) in [5.74, 6) is -4.05. The van der Waals surface area contributed by atoms with E-state index >= 15 is 0 Å². The van der Waals surface area contributed by atoms with Gasteiger partial charge in [0.1, 0.15) is 0 Å².